The lowest BCUT2D eigenvalue weighted by Gasteiger charge is -2.29. The molecule has 0 amide bonds. The first-order chi connectivity index (χ1) is 6.64. The van der Waals surface area contributed by atoms with Gasteiger partial charge in [-0.15, -0.1) is 6.58 Å². The minimum atomic E-state index is 0.0122. The van der Waals surface area contributed by atoms with E-state index in [9.17, 15) is 0 Å². The summed E-state index contributed by atoms with van der Waals surface area (Å²) >= 11 is 0. The average Bonchev–Trinajstić information content (AvgIpc) is 1.94. The lowest BCUT2D eigenvalue weighted by Crippen LogP contribution is -2.53. The summed E-state index contributed by atoms with van der Waals surface area (Å²) in [5.74, 6) is 0.829. The Labute approximate surface area is 94.1 Å². The quantitative estimate of drug-likeness (QED) is 0.418. The Morgan fingerprint density at radius 2 is 1.47 bits per heavy atom. The van der Waals surface area contributed by atoms with Gasteiger partial charge in [0.25, 0.3) is 0 Å². The Morgan fingerprint density at radius 1 is 1.07 bits per heavy atom. The maximum Gasteiger partial charge on any atom is 0.192 e. The molecule has 0 aromatic rings. The Balaban J connectivity index is 4.53. The fourth-order valence-electron chi connectivity index (χ4n) is 0.977. The van der Waals surface area contributed by atoms with Crippen molar-refractivity contribution in [1.82, 2.24) is 10.6 Å². The number of aliphatic imine (C=N–C) groups is 1. The number of nitrogens with zero attached hydrogens (tertiary/aromatic N) is 1. The SMILES string of the molecule is C=CCN=C(NC(C)(C)C)NC(C)(C)C. The van der Waals surface area contributed by atoms with Gasteiger partial charge in [0.05, 0.1) is 6.54 Å². The Morgan fingerprint density at radius 3 is 1.73 bits per heavy atom. The molecular formula is C12H25N3. The van der Waals surface area contributed by atoms with Crippen LogP contribution in [-0.2, 0) is 0 Å². The molecule has 2 N–H and O–H groups in total. The zero-order chi connectivity index (χ0) is 12.1. The average molecular weight is 211 g/mol. The van der Waals surface area contributed by atoms with Crippen LogP contribution in [0, 0.1) is 0 Å². The highest BCUT2D eigenvalue weighted by Gasteiger charge is 2.16. The van der Waals surface area contributed by atoms with Crippen LogP contribution < -0.4 is 10.6 Å². The van der Waals surface area contributed by atoms with Crippen LogP contribution in [0.4, 0.5) is 0 Å². The molecule has 0 radical (unpaired) electrons. The maximum absolute atomic E-state index is 4.39. The number of guanidine groups is 1. The van der Waals surface area contributed by atoms with Crippen molar-refractivity contribution in [3.63, 3.8) is 0 Å². The topological polar surface area (TPSA) is 36.4 Å². The standard InChI is InChI=1S/C12H25N3/c1-8-9-13-10(14-11(2,3)4)15-12(5,6)7/h8H,1,9H2,2-7H3,(H2,13,14,15). The van der Waals surface area contributed by atoms with E-state index in [1.54, 1.807) is 6.08 Å². The van der Waals surface area contributed by atoms with Gasteiger partial charge in [-0.3, -0.25) is 0 Å². The van der Waals surface area contributed by atoms with E-state index in [4.69, 9.17) is 0 Å². The molecule has 0 aliphatic rings. The summed E-state index contributed by atoms with van der Waals surface area (Å²) in [7, 11) is 0. The number of rotatable bonds is 2. The van der Waals surface area contributed by atoms with Gasteiger partial charge in [-0.25, -0.2) is 4.99 Å². The predicted octanol–water partition coefficient (Wildman–Crippen LogP) is 2.30. The van der Waals surface area contributed by atoms with E-state index in [0.29, 0.717) is 6.54 Å². The highest BCUT2D eigenvalue weighted by Crippen LogP contribution is 2.02. The molecule has 3 heteroatoms. The van der Waals surface area contributed by atoms with Crippen molar-refractivity contribution in [3.05, 3.63) is 12.7 Å². The van der Waals surface area contributed by atoms with Crippen molar-refractivity contribution in [2.24, 2.45) is 4.99 Å². The molecular weight excluding hydrogens is 186 g/mol. The zero-order valence-corrected chi connectivity index (χ0v) is 10.9. The summed E-state index contributed by atoms with van der Waals surface area (Å²) in [4.78, 5) is 4.39. The van der Waals surface area contributed by atoms with E-state index in [0.717, 1.165) is 5.96 Å². The summed E-state index contributed by atoms with van der Waals surface area (Å²) in [5, 5.41) is 6.68. The maximum atomic E-state index is 4.39. The molecule has 0 aliphatic carbocycles. The molecule has 0 spiro atoms. The van der Waals surface area contributed by atoms with Gasteiger partial charge in [-0.2, -0.15) is 0 Å². The van der Waals surface area contributed by atoms with Crippen LogP contribution in [0.2, 0.25) is 0 Å². The molecule has 0 unspecified atom stereocenters. The minimum Gasteiger partial charge on any atom is -0.352 e. The molecule has 3 nitrogen and oxygen atoms in total. The van der Waals surface area contributed by atoms with Crippen molar-refractivity contribution >= 4 is 5.96 Å². The number of hydrogen-bond donors (Lipinski definition) is 2. The van der Waals surface area contributed by atoms with Crippen molar-refractivity contribution < 1.29 is 0 Å². The molecule has 0 aliphatic heterocycles. The molecule has 0 atom stereocenters. The summed E-state index contributed by atoms with van der Waals surface area (Å²) in [5.41, 5.74) is 0.0243. The third-order valence-electron chi connectivity index (χ3n) is 1.37. The molecule has 0 aromatic carbocycles. The van der Waals surface area contributed by atoms with E-state index < -0.39 is 0 Å². The third kappa shape index (κ3) is 9.32. The fourth-order valence-corrected chi connectivity index (χ4v) is 0.977. The molecule has 88 valence electrons. The highest BCUT2D eigenvalue weighted by atomic mass is 15.2. The minimum absolute atomic E-state index is 0.0122. The Bertz CT molecular complexity index is 210. The molecule has 0 rings (SSSR count). The monoisotopic (exact) mass is 211 g/mol. The molecule has 0 bridgehead atoms. The third-order valence-corrected chi connectivity index (χ3v) is 1.37. The number of nitrogens with one attached hydrogen (secondary N) is 2. The zero-order valence-electron chi connectivity index (χ0n) is 10.9. The molecule has 0 saturated carbocycles. The smallest absolute Gasteiger partial charge is 0.192 e. The van der Waals surface area contributed by atoms with Gasteiger partial charge >= 0.3 is 0 Å². The van der Waals surface area contributed by atoms with Crippen LogP contribution in [0.25, 0.3) is 0 Å². The van der Waals surface area contributed by atoms with Crippen molar-refractivity contribution in [2.45, 2.75) is 52.6 Å². The van der Waals surface area contributed by atoms with E-state index in [1.165, 1.54) is 0 Å². The molecule has 0 fully saturated rings. The first-order valence-electron chi connectivity index (χ1n) is 5.36. The second-order valence-corrected chi connectivity index (χ2v) is 5.73. The van der Waals surface area contributed by atoms with Gasteiger partial charge < -0.3 is 10.6 Å². The van der Waals surface area contributed by atoms with Gasteiger partial charge in [-0.1, -0.05) is 6.08 Å². The summed E-state index contributed by atoms with van der Waals surface area (Å²) < 4.78 is 0. The molecule has 0 aromatic heterocycles. The second kappa shape index (κ2) is 5.19. The van der Waals surface area contributed by atoms with Crippen molar-refractivity contribution in [3.8, 4) is 0 Å². The Hall–Kier alpha value is -0.990. The van der Waals surface area contributed by atoms with Crippen LogP contribution in [0.15, 0.2) is 17.6 Å². The van der Waals surface area contributed by atoms with E-state index in [-0.39, 0.29) is 11.1 Å². The Kier molecular flexibility index (Phi) is 4.85. The lowest BCUT2D eigenvalue weighted by atomic mass is 10.1. The predicted molar refractivity (Wildman–Crippen MR) is 68.3 cm³/mol. The highest BCUT2D eigenvalue weighted by molar-refractivity contribution is 5.81. The fraction of sp³-hybridized carbons (Fsp3) is 0.750. The lowest BCUT2D eigenvalue weighted by molar-refractivity contribution is 0.460. The van der Waals surface area contributed by atoms with Crippen LogP contribution >= 0.6 is 0 Å². The normalized spacial score (nSPS) is 11.9. The van der Waals surface area contributed by atoms with Crippen LogP contribution in [0.5, 0.6) is 0 Å². The molecule has 0 saturated heterocycles. The molecule has 0 heterocycles. The first kappa shape index (κ1) is 14.0. The van der Waals surface area contributed by atoms with Gasteiger partial charge in [0.15, 0.2) is 5.96 Å². The van der Waals surface area contributed by atoms with Gasteiger partial charge in [-0.05, 0) is 41.5 Å². The first-order valence-corrected chi connectivity index (χ1v) is 5.36. The summed E-state index contributed by atoms with van der Waals surface area (Å²) in [6, 6.07) is 0. The van der Waals surface area contributed by atoms with Gasteiger partial charge in [0, 0.05) is 11.1 Å². The van der Waals surface area contributed by atoms with Crippen LogP contribution in [0.1, 0.15) is 41.5 Å². The molecule has 15 heavy (non-hydrogen) atoms. The summed E-state index contributed by atoms with van der Waals surface area (Å²) in [6.07, 6.45) is 1.79. The van der Waals surface area contributed by atoms with Crippen molar-refractivity contribution in [1.29, 1.82) is 0 Å². The van der Waals surface area contributed by atoms with Gasteiger partial charge in [0.1, 0.15) is 0 Å². The van der Waals surface area contributed by atoms with Crippen LogP contribution in [-0.4, -0.2) is 23.6 Å². The van der Waals surface area contributed by atoms with Crippen LogP contribution in [0.3, 0.4) is 0 Å². The van der Waals surface area contributed by atoms with E-state index in [1.807, 2.05) is 0 Å². The second-order valence-electron chi connectivity index (χ2n) is 5.73. The summed E-state index contributed by atoms with van der Waals surface area (Å²) in [6.45, 7) is 17.0. The van der Waals surface area contributed by atoms with Gasteiger partial charge in [0.2, 0.25) is 0 Å². The number of hydrogen-bond acceptors (Lipinski definition) is 1. The van der Waals surface area contributed by atoms with E-state index >= 15 is 0 Å². The van der Waals surface area contributed by atoms with E-state index in [2.05, 4.69) is 63.7 Å². The van der Waals surface area contributed by atoms with Crippen molar-refractivity contribution in [2.75, 3.05) is 6.54 Å². The largest absolute Gasteiger partial charge is 0.352 e.